The van der Waals surface area contributed by atoms with Crippen LogP contribution in [0.2, 0.25) is 5.02 Å². The fraction of sp³-hybridized carbons (Fsp3) is 0.0714. The van der Waals surface area contributed by atoms with Gasteiger partial charge in [0.25, 0.3) is 0 Å². The van der Waals surface area contributed by atoms with Crippen molar-refractivity contribution < 1.29 is 8.60 Å². The zero-order chi connectivity index (χ0) is 14.7. The van der Waals surface area contributed by atoms with Gasteiger partial charge in [-0.1, -0.05) is 11.6 Å². The molecule has 2 rings (SSSR count). The highest BCUT2D eigenvalue weighted by molar-refractivity contribution is 7.84. The molecule has 2 aromatic carbocycles. The van der Waals surface area contributed by atoms with Crippen molar-refractivity contribution >= 4 is 28.1 Å². The summed E-state index contributed by atoms with van der Waals surface area (Å²) in [5, 5.41) is 9.26. The average molecular weight is 309 g/mol. The molecule has 0 spiro atoms. The van der Waals surface area contributed by atoms with Crippen molar-refractivity contribution in [1.29, 1.82) is 5.26 Å². The number of nitriles is 1. The molecule has 20 heavy (non-hydrogen) atoms. The molecule has 0 aliphatic rings. The number of benzene rings is 2. The number of hydrogen-bond acceptors (Lipinski definition) is 3. The quantitative estimate of drug-likeness (QED) is 0.885. The van der Waals surface area contributed by atoms with Gasteiger partial charge in [-0.05, 0) is 42.0 Å². The SMILES string of the molecule is N#Cc1ccc(F)cc1CS(=O)c1ccc(N)cc1Cl. The van der Waals surface area contributed by atoms with Gasteiger partial charge in [0.15, 0.2) is 0 Å². The summed E-state index contributed by atoms with van der Waals surface area (Å²) in [4.78, 5) is 0.411. The molecule has 1 atom stereocenters. The Kier molecular flexibility index (Phi) is 4.38. The van der Waals surface area contributed by atoms with Crippen LogP contribution in [0.5, 0.6) is 0 Å². The lowest BCUT2D eigenvalue weighted by Crippen LogP contribution is -2.01. The highest BCUT2D eigenvalue weighted by Crippen LogP contribution is 2.25. The molecule has 1 unspecified atom stereocenters. The van der Waals surface area contributed by atoms with E-state index in [0.717, 1.165) is 0 Å². The molecule has 0 saturated heterocycles. The van der Waals surface area contributed by atoms with E-state index in [1.807, 2.05) is 6.07 Å². The Balaban J connectivity index is 2.33. The second-order valence-corrected chi connectivity index (χ2v) is 5.92. The number of halogens is 2. The van der Waals surface area contributed by atoms with E-state index in [1.54, 1.807) is 12.1 Å². The van der Waals surface area contributed by atoms with Gasteiger partial charge in [-0.2, -0.15) is 5.26 Å². The lowest BCUT2D eigenvalue weighted by molar-refractivity contribution is 0.626. The van der Waals surface area contributed by atoms with E-state index in [9.17, 15) is 8.60 Å². The summed E-state index contributed by atoms with van der Waals surface area (Å²) in [6, 6.07) is 10.4. The second-order valence-electron chi connectivity index (χ2n) is 4.09. The molecule has 102 valence electrons. The molecular weight excluding hydrogens is 299 g/mol. The maximum absolute atomic E-state index is 13.2. The summed E-state index contributed by atoms with van der Waals surface area (Å²) in [7, 11) is -1.48. The summed E-state index contributed by atoms with van der Waals surface area (Å²) in [6.07, 6.45) is 0. The van der Waals surface area contributed by atoms with Gasteiger partial charge >= 0.3 is 0 Å². The summed E-state index contributed by atoms with van der Waals surface area (Å²) >= 11 is 5.98. The van der Waals surface area contributed by atoms with Gasteiger partial charge in [0.05, 0.1) is 38.1 Å². The van der Waals surface area contributed by atoms with Gasteiger partial charge in [-0.15, -0.1) is 0 Å². The van der Waals surface area contributed by atoms with Crippen LogP contribution in [-0.2, 0) is 16.6 Å². The summed E-state index contributed by atoms with van der Waals surface area (Å²) in [5.74, 6) is -0.455. The van der Waals surface area contributed by atoms with Crippen molar-refractivity contribution in [2.75, 3.05) is 5.73 Å². The Bertz CT molecular complexity index is 728. The molecule has 2 aromatic rings. The minimum absolute atomic E-state index is 0.0181. The lowest BCUT2D eigenvalue weighted by Gasteiger charge is -2.07. The van der Waals surface area contributed by atoms with Crippen molar-refractivity contribution in [3.8, 4) is 6.07 Å². The van der Waals surface area contributed by atoms with Crippen LogP contribution in [0.3, 0.4) is 0 Å². The molecule has 6 heteroatoms. The van der Waals surface area contributed by atoms with E-state index in [4.69, 9.17) is 22.6 Å². The first-order chi connectivity index (χ1) is 9.51. The van der Waals surface area contributed by atoms with Crippen LogP contribution in [-0.4, -0.2) is 4.21 Å². The van der Waals surface area contributed by atoms with E-state index in [0.29, 0.717) is 26.7 Å². The van der Waals surface area contributed by atoms with E-state index in [1.165, 1.54) is 24.3 Å². The molecule has 0 aromatic heterocycles. The van der Waals surface area contributed by atoms with Crippen LogP contribution in [0.4, 0.5) is 10.1 Å². The third kappa shape index (κ3) is 3.16. The first-order valence-electron chi connectivity index (χ1n) is 5.63. The second kappa shape index (κ2) is 6.04. The van der Waals surface area contributed by atoms with Crippen LogP contribution in [0.1, 0.15) is 11.1 Å². The Hall–Kier alpha value is -1.90. The van der Waals surface area contributed by atoms with E-state index in [-0.39, 0.29) is 5.75 Å². The Labute approximate surface area is 123 Å². The molecule has 3 nitrogen and oxygen atoms in total. The summed E-state index contributed by atoms with van der Waals surface area (Å²) in [6.45, 7) is 0. The van der Waals surface area contributed by atoms with Gasteiger partial charge in [0.2, 0.25) is 0 Å². The molecule has 0 bridgehead atoms. The minimum atomic E-state index is -1.48. The van der Waals surface area contributed by atoms with Crippen LogP contribution >= 0.6 is 11.6 Å². The predicted molar refractivity (Wildman–Crippen MR) is 77.1 cm³/mol. The van der Waals surface area contributed by atoms with E-state index < -0.39 is 16.6 Å². The molecular formula is C14H10ClFN2OS. The van der Waals surface area contributed by atoms with Gasteiger partial charge in [0.1, 0.15) is 5.82 Å². The van der Waals surface area contributed by atoms with E-state index in [2.05, 4.69) is 0 Å². The Morgan fingerprint density at radius 3 is 2.70 bits per heavy atom. The molecule has 0 aliphatic heterocycles. The lowest BCUT2D eigenvalue weighted by atomic mass is 10.1. The fourth-order valence-corrected chi connectivity index (χ4v) is 3.33. The molecule has 0 fully saturated rings. The van der Waals surface area contributed by atoms with Gasteiger partial charge in [0, 0.05) is 5.69 Å². The van der Waals surface area contributed by atoms with Crippen LogP contribution in [0.15, 0.2) is 41.3 Å². The number of hydrogen-bond donors (Lipinski definition) is 1. The maximum atomic E-state index is 13.2. The van der Waals surface area contributed by atoms with Gasteiger partial charge in [-0.25, -0.2) is 4.39 Å². The smallest absolute Gasteiger partial charge is 0.123 e. The first-order valence-corrected chi connectivity index (χ1v) is 7.33. The molecule has 2 N–H and O–H groups in total. The first kappa shape index (κ1) is 14.5. The van der Waals surface area contributed by atoms with Crippen LogP contribution in [0, 0.1) is 17.1 Å². The number of nitrogens with two attached hydrogens (primary N) is 1. The third-order valence-corrected chi connectivity index (χ3v) is 4.52. The molecule has 0 radical (unpaired) electrons. The predicted octanol–water partition coefficient (Wildman–Crippen LogP) is 3.24. The molecule has 0 amide bonds. The highest BCUT2D eigenvalue weighted by Gasteiger charge is 2.13. The van der Waals surface area contributed by atoms with Crippen LogP contribution < -0.4 is 5.73 Å². The van der Waals surface area contributed by atoms with Crippen molar-refractivity contribution in [2.24, 2.45) is 0 Å². The highest BCUT2D eigenvalue weighted by atomic mass is 35.5. The largest absolute Gasteiger partial charge is 0.399 e. The number of nitrogen functional groups attached to an aromatic ring is 1. The Morgan fingerprint density at radius 1 is 1.30 bits per heavy atom. The van der Waals surface area contributed by atoms with Gasteiger partial charge < -0.3 is 5.73 Å². The summed E-state index contributed by atoms with van der Waals surface area (Å²) in [5.41, 5.74) is 6.73. The minimum Gasteiger partial charge on any atom is -0.399 e. The van der Waals surface area contributed by atoms with Crippen molar-refractivity contribution in [3.05, 3.63) is 58.4 Å². The normalized spacial score (nSPS) is 11.8. The van der Waals surface area contributed by atoms with Crippen molar-refractivity contribution in [2.45, 2.75) is 10.6 Å². The number of nitrogens with zero attached hydrogens (tertiary/aromatic N) is 1. The summed E-state index contributed by atoms with van der Waals surface area (Å²) < 4.78 is 25.5. The zero-order valence-corrected chi connectivity index (χ0v) is 11.8. The van der Waals surface area contributed by atoms with Crippen molar-refractivity contribution in [1.82, 2.24) is 0 Å². The van der Waals surface area contributed by atoms with Crippen LogP contribution in [0.25, 0.3) is 0 Å². The zero-order valence-electron chi connectivity index (χ0n) is 10.3. The maximum Gasteiger partial charge on any atom is 0.123 e. The molecule has 0 saturated carbocycles. The van der Waals surface area contributed by atoms with Gasteiger partial charge in [-0.3, -0.25) is 4.21 Å². The van der Waals surface area contributed by atoms with Crippen molar-refractivity contribution in [3.63, 3.8) is 0 Å². The Morgan fingerprint density at radius 2 is 2.05 bits per heavy atom. The average Bonchev–Trinajstić information content (AvgIpc) is 2.38. The third-order valence-electron chi connectivity index (χ3n) is 2.68. The molecule has 0 heterocycles. The fourth-order valence-electron chi connectivity index (χ4n) is 1.71. The monoisotopic (exact) mass is 308 g/mol. The molecule has 0 aliphatic carbocycles. The number of rotatable bonds is 3. The topological polar surface area (TPSA) is 66.9 Å². The standard InChI is InChI=1S/C14H10ClFN2OS/c15-13-6-12(18)3-4-14(13)20(19)8-10-5-11(16)2-1-9(10)7-17/h1-6H,8,18H2. The van der Waals surface area contributed by atoms with E-state index >= 15 is 0 Å². The number of anilines is 1.